The van der Waals surface area contributed by atoms with Gasteiger partial charge in [0.2, 0.25) is 0 Å². The Balaban J connectivity index is 2.26. The van der Waals surface area contributed by atoms with Crippen molar-refractivity contribution in [2.75, 3.05) is 5.75 Å². The molecular formula is C12H15FOS. The summed E-state index contributed by atoms with van der Waals surface area (Å²) in [5.41, 5.74) is 0. The predicted octanol–water partition coefficient (Wildman–Crippen LogP) is 3.68. The molecule has 0 bridgehead atoms. The molecule has 0 amide bonds. The van der Waals surface area contributed by atoms with E-state index in [0.29, 0.717) is 17.7 Å². The van der Waals surface area contributed by atoms with E-state index in [1.807, 2.05) is 13.0 Å². The standard InChI is InChI=1S/C12H15FOS/c1-2-10(14)6-5-9-15-12-8-4-3-7-11(12)13/h3-4,7-8H,2,5-6,9H2,1H3. The van der Waals surface area contributed by atoms with E-state index < -0.39 is 0 Å². The van der Waals surface area contributed by atoms with Crippen LogP contribution in [-0.4, -0.2) is 11.5 Å². The van der Waals surface area contributed by atoms with E-state index >= 15 is 0 Å². The largest absolute Gasteiger partial charge is 0.300 e. The van der Waals surface area contributed by atoms with Gasteiger partial charge in [-0.3, -0.25) is 4.79 Å². The van der Waals surface area contributed by atoms with Crippen molar-refractivity contribution in [3.63, 3.8) is 0 Å². The number of hydrogen-bond donors (Lipinski definition) is 0. The lowest BCUT2D eigenvalue weighted by Gasteiger charge is -2.01. The molecule has 0 radical (unpaired) electrons. The number of halogens is 1. The second-order valence-corrected chi connectivity index (χ2v) is 4.41. The van der Waals surface area contributed by atoms with Crippen LogP contribution in [0.25, 0.3) is 0 Å². The summed E-state index contributed by atoms with van der Waals surface area (Å²) in [6.07, 6.45) is 2.04. The van der Waals surface area contributed by atoms with Gasteiger partial charge in [0.1, 0.15) is 11.6 Å². The quantitative estimate of drug-likeness (QED) is 0.543. The third-order valence-electron chi connectivity index (χ3n) is 2.09. The molecule has 82 valence electrons. The van der Waals surface area contributed by atoms with Crippen LogP contribution in [-0.2, 0) is 4.79 Å². The van der Waals surface area contributed by atoms with Crippen LogP contribution in [0, 0.1) is 5.82 Å². The van der Waals surface area contributed by atoms with Gasteiger partial charge < -0.3 is 0 Å². The molecule has 0 saturated heterocycles. The fourth-order valence-electron chi connectivity index (χ4n) is 1.19. The number of carbonyl (C=O) groups is 1. The topological polar surface area (TPSA) is 17.1 Å². The molecule has 1 aromatic rings. The van der Waals surface area contributed by atoms with Crippen molar-refractivity contribution >= 4 is 17.5 Å². The lowest BCUT2D eigenvalue weighted by atomic mass is 10.2. The van der Waals surface area contributed by atoms with Gasteiger partial charge in [0.25, 0.3) is 0 Å². The molecule has 0 aliphatic carbocycles. The first-order chi connectivity index (χ1) is 7.24. The Kier molecular flexibility index (Phi) is 5.40. The van der Waals surface area contributed by atoms with Gasteiger partial charge in [0.15, 0.2) is 0 Å². The van der Waals surface area contributed by atoms with Crippen LogP contribution in [0.4, 0.5) is 4.39 Å². The van der Waals surface area contributed by atoms with Crippen LogP contribution in [0.1, 0.15) is 26.2 Å². The van der Waals surface area contributed by atoms with Crippen molar-refractivity contribution in [2.24, 2.45) is 0 Å². The minimum Gasteiger partial charge on any atom is -0.300 e. The Hall–Kier alpha value is -0.830. The molecule has 0 heterocycles. The molecule has 1 rings (SSSR count). The maximum Gasteiger partial charge on any atom is 0.136 e. The normalized spacial score (nSPS) is 10.3. The van der Waals surface area contributed by atoms with Crippen LogP contribution in [0.5, 0.6) is 0 Å². The summed E-state index contributed by atoms with van der Waals surface area (Å²) in [5.74, 6) is 0.903. The van der Waals surface area contributed by atoms with E-state index in [-0.39, 0.29) is 11.6 Å². The minimum absolute atomic E-state index is 0.177. The van der Waals surface area contributed by atoms with Crippen molar-refractivity contribution in [1.82, 2.24) is 0 Å². The Morgan fingerprint density at radius 1 is 1.40 bits per heavy atom. The first kappa shape index (κ1) is 12.2. The highest BCUT2D eigenvalue weighted by Gasteiger charge is 2.02. The maximum absolute atomic E-state index is 13.2. The third-order valence-corrected chi connectivity index (χ3v) is 3.22. The van der Waals surface area contributed by atoms with Crippen LogP contribution in [0.15, 0.2) is 29.2 Å². The number of rotatable bonds is 6. The van der Waals surface area contributed by atoms with Gasteiger partial charge in [-0.2, -0.15) is 0 Å². The average molecular weight is 226 g/mol. The first-order valence-corrected chi connectivity index (χ1v) is 6.11. The summed E-state index contributed by atoms with van der Waals surface area (Å²) in [5, 5.41) is 0. The average Bonchev–Trinajstić information content (AvgIpc) is 2.26. The zero-order chi connectivity index (χ0) is 11.1. The number of benzene rings is 1. The lowest BCUT2D eigenvalue weighted by molar-refractivity contribution is -0.118. The Morgan fingerprint density at radius 3 is 2.80 bits per heavy atom. The third kappa shape index (κ3) is 4.47. The van der Waals surface area contributed by atoms with E-state index in [0.717, 1.165) is 12.2 Å². The predicted molar refractivity (Wildman–Crippen MR) is 61.7 cm³/mol. The second-order valence-electron chi connectivity index (χ2n) is 3.27. The molecule has 3 heteroatoms. The highest BCUT2D eigenvalue weighted by atomic mass is 32.2. The molecule has 0 N–H and O–H groups in total. The van der Waals surface area contributed by atoms with E-state index in [1.54, 1.807) is 12.1 Å². The van der Waals surface area contributed by atoms with Gasteiger partial charge in [-0.05, 0) is 24.3 Å². The van der Waals surface area contributed by atoms with Crippen molar-refractivity contribution in [3.8, 4) is 0 Å². The first-order valence-electron chi connectivity index (χ1n) is 5.13. The van der Waals surface area contributed by atoms with E-state index in [1.165, 1.54) is 17.8 Å². The summed E-state index contributed by atoms with van der Waals surface area (Å²) in [7, 11) is 0. The second kappa shape index (κ2) is 6.62. The van der Waals surface area contributed by atoms with E-state index in [9.17, 15) is 9.18 Å². The number of thioether (sulfide) groups is 1. The van der Waals surface area contributed by atoms with E-state index in [2.05, 4.69) is 0 Å². The number of Topliss-reactive ketones (excluding diaryl/α,β-unsaturated/α-hetero) is 1. The zero-order valence-electron chi connectivity index (χ0n) is 8.83. The molecule has 0 fully saturated rings. The van der Waals surface area contributed by atoms with Crippen LogP contribution in [0.3, 0.4) is 0 Å². The van der Waals surface area contributed by atoms with Crippen molar-refractivity contribution in [1.29, 1.82) is 0 Å². The molecule has 0 spiro atoms. The zero-order valence-corrected chi connectivity index (χ0v) is 9.65. The fraction of sp³-hybridized carbons (Fsp3) is 0.417. The van der Waals surface area contributed by atoms with Gasteiger partial charge in [-0.1, -0.05) is 19.1 Å². The Bertz CT molecular complexity index is 325. The number of ketones is 1. The molecule has 0 atom stereocenters. The summed E-state index contributed by atoms with van der Waals surface area (Å²) in [6, 6.07) is 6.73. The van der Waals surface area contributed by atoms with Gasteiger partial charge in [-0.15, -0.1) is 11.8 Å². The monoisotopic (exact) mass is 226 g/mol. The summed E-state index contributed by atoms with van der Waals surface area (Å²) < 4.78 is 13.2. The summed E-state index contributed by atoms with van der Waals surface area (Å²) >= 11 is 1.47. The summed E-state index contributed by atoms with van der Waals surface area (Å²) in [4.78, 5) is 11.7. The van der Waals surface area contributed by atoms with Crippen LogP contribution < -0.4 is 0 Å². The van der Waals surface area contributed by atoms with Crippen LogP contribution in [0.2, 0.25) is 0 Å². The van der Waals surface area contributed by atoms with Crippen molar-refractivity contribution < 1.29 is 9.18 Å². The highest BCUT2D eigenvalue weighted by Crippen LogP contribution is 2.22. The maximum atomic E-state index is 13.2. The molecule has 0 saturated carbocycles. The van der Waals surface area contributed by atoms with Crippen molar-refractivity contribution in [3.05, 3.63) is 30.1 Å². The van der Waals surface area contributed by atoms with Gasteiger partial charge in [-0.25, -0.2) is 4.39 Å². The fourth-order valence-corrected chi connectivity index (χ4v) is 2.08. The Morgan fingerprint density at radius 2 is 2.13 bits per heavy atom. The van der Waals surface area contributed by atoms with E-state index in [4.69, 9.17) is 0 Å². The molecule has 0 aliphatic heterocycles. The molecule has 15 heavy (non-hydrogen) atoms. The Labute approximate surface area is 94.1 Å². The van der Waals surface area contributed by atoms with Gasteiger partial charge in [0.05, 0.1) is 0 Å². The SMILES string of the molecule is CCC(=O)CCCSc1ccccc1F. The lowest BCUT2D eigenvalue weighted by Crippen LogP contribution is -1.95. The van der Waals surface area contributed by atoms with Crippen LogP contribution >= 0.6 is 11.8 Å². The molecular weight excluding hydrogens is 211 g/mol. The summed E-state index contributed by atoms with van der Waals surface area (Å²) in [6.45, 7) is 1.87. The smallest absolute Gasteiger partial charge is 0.136 e. The van der Waals surface area contributed by atoms with Gasteiger partial charge >= 0.3 is 0 Å². The minimum atomic E-state index is -0.177. The highest BCUT2D eigenvalue weighted by molar-refractivity contribution is 7.99. The van der Waals surface area contributed by atoms with Gasteiger partial charge in [0, 0.05) is 17.7 Å². The number of carbonyl (C=O) groups excluding carboxylic acids is 1. The molecule has 1 nitrogen and oxygen atoms in total. The molecule has 1 aromatic carbocycles. The number of hydrogen-bond acceptors (Lipinski definition) is 2. The molecule has 0 aromatic heterocycles. The van der Waals surface area contributed by atoms with Crippen molar-refractivity contribution in [2.45, 2.75) is 31.1 Å². The molecule has 0 unspecified atom stereocenters. The molecule has 0 aliphatic rings.